The lowest BCUT2D eigenvalue weighted by Crippen LogP contribution is -1.90. The third-order valence-corrected chi connectivity index (χ3v) is 7.03. The fraction of sp³-hybridized carbons (Fsp3) is 0. The Balaban J connectivity index is 2.32. The van der Waals surface area contributed by atoms with Crippen LogP contribution in [0.3, 0.4) is 0 Å². The van der Waals surface area contributed by atoms with Crippen LogP contribution in [0.1, 0.15) is 0 Å². The molecular weight excluding hydrogens is 560 g/mol. The van der Waals surface area contributed by atoms with Gasteiger partial charge < -0.3 is 0 Å². The van der Waals surface area contributed by atoms with Crippen molar-refractivity contribution >= 4 is 107 Å². The van der Waals surface area contributed by atoms with Gasteiger partial charge in [-0.25, -0.2) is 0 Å². The second-order valence-corrected chi connectivity index (χ2v) is 9.40. The highest BCUT2D eigenvalue weighted by Gasteiger charge is 2.18. The van der Waals surface area contributed by atoms with Crippen LogP contribution in [0, 0.1) is 0 Å². The van der Waals surface area contributed by atoms with Gasteiger partial charge in [0.05, 0.1) is 0 Å². The van der Waals surface area contributed by atoms with Crippen LogP contribution in [0.5, 0.6) is 0 Å². The smallest absolute Gasteiger partial charge is 0.0271 e. The van der Waals surface area contributed by atoms with Gasteiger partial charge in [0.15, 0.2) is 0 Å². The summed E-state index contributed by atoms with van der Waals surface area (Å²) >= 11 is 15.0. The summed E-state index contributed by atoms with van der Waals surface area (Å²) in [6, 6.07) is 17.4. The molecule has 0 N–H and O–H groups in total. The third-order valence-electron chi connectivity index (χ3n) is 4.63. The SMILES string of the molecule is Brc1cc2cccc3c4c(Br)cc(Br)c5ccc(Br)c(c(c1)c23)c54. The quantitative estimate of drug-likeness (QED) is 0.130. The Morgan fingerprint density at radius 1 is 0.500 bits per heavy atom. The molecule has 0 amide bonds. The molecule has 0 saturated carbocycles. The number of benzene rings is 5. The first-order valence-electron chi connectivity index (χ1n) is 7.39. The van der Waals surface area contributed by atoms with Crippen molar-refractivity contribution in [3.8, 4) is 0 Å². The molecule has 0 aliphatic heterocycles. The van der Waals surface area contributed by atoms with E-state index in [1.807, 2.05) is 0 Å². The van der Waals surface area contributed by atoms with E-state index < -0.39 is 0 Å². The Bertz CT molecular complexity index is 1290. The molecule has 0 atom stereocenters. The lowest BCUT2D eigenvalue weighted by molar-refractivity contribution is 1.69. The van der Waals surface area contributed by atoms with Gasteiger partial charge in [0, 0.05) is 34.0 Å². The molecule has 0 aromatic heterocycles. The molecule has 5 aromatic rings. The minimum absolute atomic E-state index is 1.10. The number of hydrogen-bond acceptors (Lipinski definition) is 0. The molecule has 0 radical (unpaired) electrons. The van der Waals surface area contributed by atoms with Gasteiger partial charge in [0.1, 0.15) is 0 Å². The maximum absolute atomic E-state index is 3.80. The minimum Gasteiger partial charge on any atom is -0.0610 e. The highest BCUT2D eigenvalue weighted by molar-refractivity contribution is 9.11. The maximum Gasteiger partial charge on any atom is 0.0271 e. The van der Waals surface area contributed by atoms with Crippen molar-refractivity contribution in [2.24, 2.45) is 0 Å². The highest BCUT2D eigenvalue weighted by atomic mass is 79.9. The summed E-state index contributed by atoms with van der Waals surface area (Å²) in [5.41, 5.74) is 0. The molecule has 0 heterocycles. The van der Waals surface area contributed by atoms with E-state index in [2.05, 4.69) is 112 Å². The third kappa shape index (κ3) is 2.00. The van der Waals surface area contributed by atoms with E-state index in [-0.39, 0.29) is 0 Å². The molecule has 116 valence electrons. The highest BCUT2D eigenvalue weighted by Crippen LogP contribution is 2.47. The van der Waals surface area contributed by atoms with Crippen molar-refractivity contribution in [3.63, 3.8) is 0 Å². The zero-order valence-electron chi connectivity index (χ0n) is 12.1. The van der Waals surface area contributed by atoms with E-state index in [1.54, 1.807) is 0 Å². The van der Waals surface area contributed by atoms with Crippen LogP contribution < -0.4 is 0 Å². The predicted molar refractivity (Wildman–Crippen MR) is 118 cm³/mol. The van der Waals surface area contributed by atoms with Crippen molar-refractivity contribution in [1.29, 1.82) is 0 Å². The standard InChI is InChI=1S/C20H8Br4/c21-10-6-9-2-1-3-12-17(9)13(7-10)19-14(22)5-4-11-15(23)8-16(24)18(12)20(11)19/h1-8H. The van der Waals surface area contributed by atoms with Gasteiger partial charge in [0.25, 0.3) is 0 Å². The lowest BCUT2D eigenvalue weighted by atomic mass is 9.90. The van der Waals surface area contributed by atoms with E-state index in [0.29, 0.717) is 0 Å². The van der Waals surface area contributed by atoms with Gasteiger partial charge in [-0.05, 0) is 51.2 Å². The molecule has 0 aliphatic rings. The molecule has 24 heavy (non-hydrogen) atoms. The Morgan fingerprint density at radius 2 is 1.29 bits per heavy atom. The molecule has 0 bridgehead atoms. The topological polar surface area (TPSA) is 0 Å². The normalized spacial score (nSPS) is 12.2. The average Bonchev–Trinajstić information content (AvgIpc) is 2.53. The van der Waals surface area contributed by atoms with Crippen LogP contribution in [-0.4, -0.2) is 0 Å². The second-order valence-electron chi connectivity index (χ2n) is 5.92. The van der Waals surface area contributed by atoms with E-state index in [9.17, 15) is 0 Å². The van der Waals surface area contributed by atoms with Crippen molar-refractivity contribution in [2.75, 3.05) is 0 Å². The Morgan fingerprint density at radius 3 is 2.12 bits per heavy atom. The van der Waals surface area contributed by atoms with Gasteiger partial charge in [-0.2, -0.15) is 0 Å². The molecule has 0 nitrogen and oxygen atoms in total. The number of halogens is 4. The summed E-state index contributed by atoms with van der Waals surface area (Å²) in [7, 11) is 0. The van der Waals surface area contributed by atoms with Gasteiger partial charge in [0.2, 0.25) is 0 Å². The summed E-state index contributed by atoms with van der Waals surface area (Å²) in [5, 5.41) is 10.2. The summed E-state index contributed by atoms with van der Waals surface area (Å²) < 4.78 is 4.44. The molecule has 0 fully saturated rings. The van der Waals surface area contributed by atoms with Gasteiger partial charge >= 0.3 is 0 Å². The van der Waals surface area contributed by atoms with Crippen molar-refractivity contribution < 1.29 is 0 Å². The zero-order chi connectivity index (χ0) is 16.6. The van der Waals surface area contributed by atoms with E-state index in [0.717, 1.165) is 17.9 Å². The van der Waals surface area contributed by atoms with Crippen LogP contribution in [0.15, 0.2) is 66.4 Å². The number of hydrogen-bond donors (Lipinski definition) is 0. The summed E-state index contributed by atoms with van der Waals surface area (Å²) in [5.74, 6) is 0. The van der Waals surface area contributed by atoms with E-state index in [1.165, 1.54) is 43.1 Å². The fourth-order valence-corrected chi connectivity index (χ4v) is 6.27. The second kappa shape index (κ2) is 5.41. The first-order valence-corrected chi connectivity index (χ1v) is 10.6. The Kier molecular flexibility index (Phi) is 3.51. The number of fused-ring (bicyclic) bond motifs is 2. The molecule has 5 rings (SSSR count). The minimum atomic E-state index is 1.10. The van der Waals surface area contributed by atoms with Crippen LogP contribution in [0.2, 0.25) is 0 Å². The van der Waals surface area contributed by atoms with Crippen molar-refractivity contribution in [2.45, 2.75) is 0 Å². The fourth-order valence-electron chi connectivity index (χ4n) is 3.74. The Labute approximate surface area is 172 Å². The molecule has 5 aromatic carbocycles. The zero-order valence-corrected chi connectivity index (χ0v) is 18.5. The predicted octanol–water partition coefficient (Wildman–Crippen LogP) is 8.79. The molecule has 0 unspecified atom stereocenters. The van der Waals surface area contributed by atoms with E-state index in [4.69, 9.17) is 0 Å². The van der Waals surface area contributed by atoms with Crippen LogP contribution in [0.25, 0.3) is 43.1 Å². The lowest BCUT2D eigenvalue weighted by Gasteiger charge is -2.17. The molecule has 0 saturated heterocycles. The molecule has 4 heteroatoms. The average molecular weight is 568 g/mol. The first kappa shape index (κ1) is 15.6. The molecular formula is C20H8Br4. The van der Waals surface area contributed by atoms with Gasteiger partial charge in [-0.1, -0.05) is 88.0 Å². The van der Waals surface area contributed by atoms with Crippen molar-refractivity contribution in [1.82, 2.24) is 0 Å². The van der Waals surface area contributed by atoms with Gasteiger partial charge in [-0.3, -0.25) is 0 Å². The summed E-state index contributed by atoms with van der Waals surface area (Å²) in [6.45, 7) is 0. The van der Waals surface area contributed by atoms with E-state index >= 15 is 0 Å². The van der Waals surface area contributed by atoms with Gasteiger partial charge in [-0.15, -0.1) is 0 Å². The van der Waals surface area contributed by atoms with Crippen LogP contribution >= 0.6 is 63.7 Å². The maximum atomic E-state index is 3.80. The number of rotatable bonds is 0. The summed E-state index contributed by atoms with van der Waals surface area (Å²) in [6.07, 6.45) is 0. The van der Waals surface area contributed by atoms with Crippen LogP contribution in [-0.2, 0) is 0 Å². The largest absolute Gasteiger partial charge is 0.0610 e. The molecule has 0 spiro atoms. The van der Waals surface area contributed by atoms with Crippen LogP contribution in [0.4, 0.5) is 0 Å². The monoisotopic (exact) mass is 564 g/mol. The molecule has 0 aliphatic carbocycles. The Hall–Kier alpha value is -0.680. The first-order chi connectivity index (χ1) is 11.6. The summed E-state index contributed by atoms with van der Waals surface area (Å²) in [4.78, 5) is 0. The van der Waals surface area contributed by atoms with Crippen molar-refractivity contribution in [3.05, 3.63) is 66.4 Å².